The topological polar surface area (TPSA) is 88.4 Å². The van der Waals surface area contributed by atoms with Gasteiger partial charge in [-0.3, -0.25) is 14.5 Å². The number of pyridine rings is 1. The molecule has 2 aliphatic heterocycles. The number of carbonyl (C=O) groups is 1. The summed E-state index contributed by atoms with van der Waals surface area (Å²) in [4.78, 5) is 19.0. The maximum absolute atomic E-state index is 12.8. The predicted molar refractivity (Wildman–Crippen MR) is 95.0 cm³/mol. The summed E-state index contributed by atoms with van der Waals surface area (Å²) in [7, 11) is 3.39. The van der Waals surface area contributed by atoms with Gasteiger partial charge in [-0.15, -0.1) is 5.10 Å². The van der Waals surface area contributed by atoms with Gasteiger partial charge in [0.25, 0.3) is 0 Å². The Labute approximate surface area is 151 Å². The first-order valence-electron chi connectivity index (χ1n) is 8.59. The van der Waals surface area contributed by atoms with Crippen LogP contribution in [0.15, 0.2) is 30.6 Å². The molecule has 4 heterocycles. The number of anilines is 1. The van der Waals surface area contributed by atoms with E-state index in [0.717, 1.165) is 37.3 Å². The van der Waals surface area contributed by atoms with Crippen molar-refractivity contribution in [2.45, 2.75) is 18.9 Å². The van der Waals surface area contributed by atoms with E-state index in [1.54, 1.807) is 24.1 Å². The first-order valence-corrected chi connectivity index (χ1v) is 8.59. The number of aromatic nitrogens is 4. The molecular weight excluding hydrogens is 334 g/mol. The molecule has 9 nitrogen and oxygen atoms in total. The van der Waals surface area contributed by atoms with Crippen molar-refractivity contribution in [1.29, 1.82) is 0 Å². The first kappa shape index (κ1) is 16.5. The lowest BCUT2D eigenvalue weighted by molar-refractivity contribution is -0.131. The molecule has 1 atom stereocenters. The molecule has 1 amide bonds. The first-order chi connectivity index (χ1) is 12.7. The van der Waals surface area contributed by atoms with Crippen molar-refractivity contribution < 1.29 is 9.53 Å². The van der Waals surface area contributed by atoms with Crippen LogP contribution >= 0.6 is 0 Å². The SMILES string of the molecule is COc1ccc(N2NC(C(=O)N3CCCC3)C=C2c2cn(C)nn2)cn1. The fraction of sp³-hybridized carbons (Fsp3) is 0.412. The van der Waals surface area contributed by atoms with Gasteiger partial charge in [-0.25, -0.2) is 10.4 Å². The van der Waals surface area contributed by atoms with E-state index in [-0.39, 0.29) is 5.91 Å². The number of likely N-dealkylation sites (tertiary alicyclic amines) is 1. The summed E-state index contributed by atoms with van der Waals surface area (Å²) < 4.78 is 6.76. The van der Waals surface area contributed by atoms with E-state index in [4.69, 9.17) is 4.74 Å². The number of hydrazine groups is 1. The zero-order valence-corrected chi connectivity index (χ0v) is 14.8. The molecule has 2 aromatic heterocycles. The fourth-order valence-electron chi connectivity index (χ4n) is 3.24. The number of aryl methyl sites for hydroxylation is 1. The second kappa shape index (κ2) is 6.75. The molecule has 2 aliphatic rings. The van der Waals surface area contributed by atoms with E-state index in [1.165, 1.54) is 0 Å². The number of amides is 1. The van der Waals surface area contributed by atoms with Crippen LogP contribution in [-0.4, -0.2) is 57.0 Å². The molecule has 0 bridgehead atoms. The average Bonchev–Trinajstić information content (AvgIpc) is 3.41. The minimum atomic E-state index is -0.438. The van der Waals surface area contributed by atoms with Crippen molar-refractivity contribution in [3.63, 3.8) is 0 Å². The Morgan fingerprint density at radius 3 is 2.73 bits per heavy atom. The van der Waals surface area contributed by atoms with E-state index in [2.05, 4.69) is 20.7 Å². The summed E-state index contributed by atoms with van der Waals surface area (Å²) in [6, 6.07) is 3.22. The Bertz CT molecular complexity index is 824. The summed E-state index contributed by atoms with van der Waals surface area (Å²) in [5.41, 5.74) is 5.53. The van der Waals surface area contributed by atoms with Crippen LogP contribution in [0, 0.1) is 0 Å². The lowest BCUT2D eigenvalue weighted by Gasteiger charge is -2.24. The molecule has 2 aromatic rings. The van der Waals surface area contributed by atoms with Crippen molar-refractivity contribution in [3.05, 3.63) is 36.3 Å². The molecule has 0 saturated carbocycles. The van der Waals surface area contributed by atoms with Gasteiger partial charge in [0.15, 0.2) is 0 Å². The molecule has 4 rings (SSSR count). The molecule has 9 heteroatoms. The molecule has 1 fully saturated rings. The number of methoxy groups -OCH3 is 1. The van der Waals surface area contributed by atoms with Crippen LogP contribution in [0.3, 0.4) is 0 Å². The van der Waals surface area contributed by atoms with E-state index in [9.17, 15) is 4.79 Å². The number of nitrogens with zero attached hydrogens (tertiary/aromatic N) is 6. The van der Waals surface area contributed by atoms with Crippen molar-refractivity contribution in [1.82, 2.24) is 30.3 Å². The average molecular weight is 355 g/mol. The van der Waals surface area contributed by atoms with Crippen LogP contribution in [0.2, 0.25) is 0 Å². The lowest BCUT2D eigenvalue weighted by atomic mass is 10.2. The second-order valence-electron chi connectivity index (χ2n) is 6.36. The molecule has 26 heavy (non-hydrogen) atoms. The molecule has 136 valence electrons. The van der Waals surface area contributed by atoms with Gasteiger partial charge in [0.05, 0.1) is 30.9 Å². The van der Waals surface area contributed by atoms with Crippen LogP contribution < -0.4 is 15.2 Å². The zero-order valence-electron chi connectivity index (χ0n) is 14.8. The lowest BCUT2D eigenvalue weighted by Crippen LogP contribution is -2.46. The zero-order chi connectivity index (χ0) is 18.1. The molecule has 1 unspecified atom stereocenters. The van der Waals surface area contributed by atoms with Gasteiger partial charge in [-0.2, -0.15) is 0 Å². The smallest absolute Gasteiger partial charge is 0.245 e. The predicted octanol–water partition coefficient (Wildman–Crippen LogP) is 0.575. The highest BCUT2D eigenvalue weighted by Crippen LogP contribution is 2.29. The van der Waals surface area contributed by atoms with Crippen LogP contribution in [0.5, 0.6) is 5.88 Å². The standard InChI is InChI=1S/C17H21N7O2/c1-22-11-14(19-21-22)15-9-13(17(25)23-7-3-4-8-23)20-24(15)12-5-6-16(26-2)18-10-12/h5-6,9-11,13,20H,3-4,7-8H2,1-2H3. The van der Waals surface area contributed by atoms with Crippen LogP contribution in [-0.2, 0) is 11.8 Å². The number of hydrogen-bond acceptors (Lipinski definition) is 7. The van der Waals surface area contributed by atoms with E-state index in [0.29, 0.717) is 11.6 Å². The monoisotopic (exact) mass is 355 g/mol. The van der Waals surface area contributed by atoms with Crippen LogP contribution in [0.4, 0.5) is 5.69 Å². The highest BCUT2D eigenvalue weighted by molar-refractivity contribution is 5.91. The van der Waals surface area contributed by atoms with Gasteiger partial charge in [0.2, 0.25) is 11.8 Å². The summed E-state index contributed by atoms with van der Waals surface area (Å²) >= 11 is 0. The Kier molecular flexibility index (Phi) is 4.29. The van der Waals surface area contributed by atoms with Crippen molar-refractivity contribution >= 4 is 17.3 Å². The number of rotatable bonds is 4. The van der Waals surface area contributed by atoms with Crippen molar-refractivity contribution in [2.75, 3.05) is 25.2 Å². The van der Waals surface area contributed by atoms with Crippen molar-refractivity contribution in [3.8, 4) is 5.88 Å². The van der Waals surface area contributed by atoms with Crippen molar-refractivity contribution in [2.24, 2.45) is 7.05 Å². The minimum absolute atomic E-state index is 0.0767. The van der Waals surface area contributed by atoms with E-state index >= 15 is 0 Å². The molecule has 0 spiro atoms. The summed E-state index contributed by atoms with van der Waals surface area (Å²) in [6.07, 6.45) is 7.53. The van der Waals surface area contributed by atoms with Gasteiger partial charge in [0, 0.05) is 26.2 Å². The third kappa shape index (κ3) is 3.01. The number of hydrogen-bond donors (Lipinski definition) is 1. The Morgan fingerprint density at radius 2 is 2.12 bits per heavy atom. The Morgan fingerprint density at radius 1 is 1.31 bits per heavy atom. The Balaban J connectivity index is 1.65. The third-order valence-corrected chi connectivity index (χ3v) is 4.57. The molecule has 0 aliphatic carbocycles. The van der Waals surface area contributed by atoms with Gasteiger partial charge < -0.3 is 9.64 Å². The van der Waals surface area contributed by atoms with E-state index in [1.807, 2.05) is 35.3 Å². The molecule has 1 N–H and O–H groups in total. The number of ether oxygens (including phenoxy) is 1. The largest absolute Gasteiger partial charge is 0.481 e. The maximum atomic E-state index is 12.8. The second-order valence-corrected chi connectivity index (χ2v) is 6.36. The summed E-state index contributed by atoms with van der Waals surface area (Å²) in [6.45, 7) is 1.63. The quantitative estimate of drug-likeness (QED) is 0.858. The maximum Gasteiger partial charge on any atom is 0.245 e. The van der Waals surface area contributed by atoms with Gasteiger partial charge in [-0.05, 0) is 25.0 Å². The van der Waals surface area contributed by atoms with Gasteiger partial charge >= 0.3 is 0 Å². The normalized spacial score (nSPS) is 19.8. The summed E-state index contributed by atoms with van der Waals surface area (Å²) in [5.74, 6) is 0.607. The third-order valence-electron chi connectivity index (χ3n) is 4.57. The fourth-order valence-corrected chi connectivity index (χ4v) is 3.24. The highest BCUT2D eigenvalue weighted by atomic mass is 16.5. The van der Waals surface area contributed by atoms with Gasteiger partial charge in [-0.1, -0.05) is 5.21 Å². The molecule has 0 radical (unpaired) electrons. The van der Waals surface area contributed by atoms with E-state index < -0.39 is 6.04 Å². The van der Waals surface area contributed by atoms with Gasteiger partial charge in [0.1, 0.15) is 11.7 Å². The van der Waals surface area contributed by atoms with Crippen LogP contribution in [0.1, 0.15) is 18.5 Å². The minimum Gasteiger partial charge on any atom is -0.481 e. The molecular formula is C17H21N7O2. The highest BCUT2D eigenvalue weighted by Gasteiger charge is 2.34. The molecule has 1 saturated heterocycles. The Hall–Kier alpha value is -2.94. The molecule has 0 aromatic carbocycles. The number of carbonyl (C=O) groups excluding carboxylic acids is 1. The number of nitrogens with one attached hydrogen (secondary N) is 1. The summed E-state index contributed by atoms with van der Waals surface area (Å²) in [5, 5.41) is 10.0. The van der Waals surface area contributed by atoms with Crippen LogP contribution in [0.25, 0.3) is 5.70 Å².